The lowest BCUT2D eigenvalue weighted by atomic mass is 9.73. The van der Waals surface area contributed by atoms with E-state index in [0.717, 1.165) is 28.7 Å². The second kappa shape index (κ2) is 7.44. The Morgan fingerprint density at radius 1 is 1.21 bits per heavy atom. The lowest BCUT2D eigenvalue weighted by Gasteiger charge is -2.36. The molecule has 1 aliphatic heterocycles. The zero-order chi connectivity index (χ0) is 20.5. The predicted molar refractivity (Wildman–Crippen MR) is 107 cm³/mol. The maximum atomic E-state index is 12.0. The van der Waals surface area contributed by atoms with Crippen molar-refractivity contribution in [3.63, 3.8) is 0 Å². The molecular weight excluding hydrogens is 368 g/mol. The van der Waals surface area contributed by atoms with E-state index >= 15 is 0 Å². The Bertz CT molecular complexity index is 1080. The molecule has 0 fully saturated rings. The number of hydrogen-bond acceptors (Lipinski definition) is 6. The fraction of sp³-hybridized carbons (Fsp3) is 0.261. The number of rotatable bonds is 3. The minimum absolute atomic E-state index is 0.0876. The summed E-state index contributed by atoms with van der Waals surface area (Å²) in [7, 11) is 2.94. The zero-order valence-electron chi connectivity index (χ0n) is 16.2. The molecule has 1 heterocycles. The molecule has 2 aliphatic rings. The summed E-state index contributed by atoms with van der Waals surface area (Å²) < 4.78 is 16.1. The van der Waals surface area contributed by atoms with Gasteiger partial charge in [-0.2, -0.15) is 5.26 Å². The quantitative estimate of drug-likeness (QED) is 0.800. The number of hydrogen-bond donors (Lipinski definition) is 1. The van der Waals surface area contributed by atoms with Crippen LogP contribution in [-0.2, 0) is 15.9 Å². The van der Waals surface area contributed by atoms with Crippen molar-refractivity contribution in [1.29, 1.82) is 10.7 Å². The summed E-state index contributed by atoms with van der Waals surface area (Å²) >= 11 is 0. The van der Waals surface area contributed by atoms with Crippen molar-refractivity contribution in [2.45, 2.75) is 18.8 Å². The van der Waals surface area contributed by atoms with Crippen LogP contribution >= 0.6 is 0 Å². The Morgan fingerprint density at radius 2 is 2.03 bits per heavy atom. The van der Waals surface area contributed by atoms with E-state index in [1.807, 2.05) is 24.3 Å². The molecule has 4 rings (SSSR count). The highest BCUT2D eigenvalue weighted by molar-refractivity contribution is 5.92. The standard InChI is InChI=1S/C23H20N2O4/c1-27-16-8-6-13-7-9-17-20(14-4-3-5-15(10-14)23(26)28-2)19(12-24)22(25)29-21(17)18(13)11-16/h3-6,8,10-11,19-20,25H,7,9H2,1-2H3. The second-order valence-electron chi connectivity index (χ2n) is 7.05. The number of nitrogens with zero attached hydrogens (tertiary/aromatic N) is 1. The van der Waals surface area contributed by atoms with Crippen LogP contribution in [0.3, 0.4) is 0 Å². The molecule has 2 aromatic rings. The fourth-order valence-corrected chi connectivity index (χ4v) is 4.11. The Balaban J connectivity index is 1.89. The Labute approximate surface area is 168 Å². The number of benzene rings is 2. The molecule has 6 nitrogen and oxygen atoms in total. The highest BCUT2D eigenvalue weighted by Crippen LogP contribution is 2.47. The number of methoxy groups -OCH3 is 2. The second-order valence-corrected chi connectivity index (χ2v) is 7.05. The van der Waals surface area contributed by atoms with Crippen LogP contribution in [0, 0.1) is 22.7 Å². The first-order chi connectivity index (χ1) is 14.1. The van der Waals surface area contributed by atoms with E-state index in [1.54, 1.807) is 25.3 Å². The Kier molecular flexibility index (Phi) is 4.81. The van der Waals surface area contributed by atoms with Gasteiger partial charge in [-0.25, -0.2) is 4.79 Å². The molecular formula is C23H20N2O4. The number of carbonyl (C=O) groups excluding carboxylic acids is 1. The number of ether oxygens (including phenoxy) is 3. The molecule has 6 heteroatoms. The average Bonchev–Trinajstić information content (AvgIpc) is 2.77. The van der Waals surface area contributed by atoms with Crippen molar-refractivity contribution >= 4 is 17.6 Å². The minimum atomic E-state index is -0.756. The molecule has 1 aliphatic carbocycles. The van der Waals surface area contributed by atoms with E-state index in [-0.39, 0.29) is 11.8 Å². The van der Waals surface area contributed by atoms with Crippen molar-refractivity contribution in [3.8, 4) is 11.8 Å². The molecule has 0 saturated carbocycles. The number of fused-ring (bicyclic) bond motifs is 2. The van der Waals surface area contributed by atoms with Gasteiger partial charge < -0.3 is 14.2 Å². The maximum Gasteiger partial charge on any atom is 0.337 e. The number of aryl methyl sites for hydroxylation is 1. The van der Waals surface area contributed by atoms with Crippen molar-refractivity contribution in [1.82, 2.24) is 0 Å². The minimum Gasteiger partial charge on any atom is -0.497 e. The molecule has 0 aromatic heterocycles. The lowest BCUT2D eigenvalue weighted by molar-refractivity contribution is 0.0600. The largest absolute Gasteiger partial charge is 0.497 e. The van der Waals surface area contributed by atoms with Crippen LogP contribution in [0.4, 0.5) is 0 Å². The van der Waals surface area contributed by atoms with E-state index < -0.39 is 11.9 Å². The number of nitriles is 1. The fourth-order valence-electron chi connectivity index (χ4n) is 4.11. The van der Waals surface area contributed by atoms with Crippen LogP contribution in [0.1, 0.15) is 39.4 Å². The van der Waals surface area contributed by atoms with Crippen molar-refractivity contribution in [2.24, 2.45) is 5.92 Å². The summed E-state index contributed by atoms with van der Waals surface area (Å²) in [6.45, 7) is 0. The van der Waals surface area contributed by atoms with Crippen LogP contribution in [0.25, 0.3) is 5.76 Å². The third kappa shape index (κ3) is 3.15. The monoisotopic (exact) mass is 388 g/mol. The number of carbonyl (C=O) groups is 1. The highest BCUT2D eigenvalue weighted by atomic mass is 16.5. The summed E-state index contributed by atoms with van der Waals surface area (Å²) in [5.74, 6) is -0.311. The van der Waals surface area contributed by atoms with E-state index in [4.69, 9.17) is 19.6 Å². The molecule has 1 N–H and O–H groups in total. The number of allylic oxidation sites excluding steroid dienone is 1. The molecule has 146 valence electrons. The Hall–Kier alpha value is -3.59. The van der Waals surface area contributed by atoms with Gasteiger partial charge in [0.2, 0.25) is 5.90 Å². The van der Waals surface area contributed by atoms with Crippen molar-refractivity contribution < 1.29 is 19.0 Å². The van der Waals surface area contributed by atoms with Gasteiger partial charge in [-0.05, 0) is 53.8 Å². The SMILES string of the molecule is COC(=O)c1cccc(C2C3=C(OC(=N)C2C#N)c2cc(OC)ccc2CC3)c1. The van der Waals surface area contributed by atoms with E-state index in [2.05, 4.69) is 6.07 Å². The van der Waals surface area contributed by atoms with Crippen LogP contribution < -0.4 is 4.74 Å². The molecule has 2 atom stereocenters. The van der Waals surface area contributed by atoms with Gasteiger partial charge in [0.15, 0.2) is 0 Å². The van der Waals surface area contributed by atoms with Gasteiger partial charge in [0.1, 0.15) is 17.4 Å². The first-order valence-electron chi connectivity index (χ1n) is 9.32. The van der Waals surface area contributed by atoms with E-state index in [9.17, 15) is 10.1 Å². The van der Waals surface area contributed by atoms with Crippen molar-refractivity contribution in [2.75, 3.05) is 14.2 Å². The molecule has 29 heavy (non-hydrogen) atoms. The van der Waals surface area contributed by atoms with Gasteiger partial charge >= 0.3 is 5.97 Å². The molecule has 0 radical (unpaired) electrons. The summed E-state index contributed by atoms with van der Waals surface area (Å²) in [6, 6.07) is 15.1. The highest BCUT2D eigenvalue weighted by Gasteiger charge is 2.41. The lowest BCUT2D eigenvalue weighted by Crippen LogP contribution is -2.31. The van der Waals surface area contributed by atoms with Gasteiger partial charge in [0.25, 0.3) is 0 Å². The average molecular weight is 388 g/mol. The number of esters is 1. The van der Waals surface area contributed by atoms with Gasteiger partial charge in [-0.15, -0.1) is 0 Å². The summed E-state index contributed by atoms with van der Waals surface area (Å²) in [5, 5.41) is 18.1. The van der Waals surface area contributed by atoms with Crippen LogP contribution in [0.2, 0.25) is 0 Å². The van der Waals surface area contributed by atoms with E-state index in [1.165, 1.54) is 7.11 Å². The number of nitrogens with one attached hydrogen (secondary N) is 1. The van der Waals surface area contributed by atoms with E-state index in [0.29, 0.717) is 23.5 Å². The van der Waals surface area contributed by atoms with Gasteiger partial charge in [-0.1, -0.05) is 18.2 Å². The first-order valence-corrected chi connectivity index (χ1v) is 9.32. The van der Waals surface area contributed by atoms with Crippen LogP contribution in [0.15, 0.2) is 48.0 Å². The summed E-state index contributed by atoms with van der Waals surface area (Å²) in [6.07, 6.45) is 1.52. The predicted octanol–water partition coefficient (Wildman–Crippen LogP) is 4.07. The maximum absolute atomic E-state index is 12.0. The molecule has 0 saturated heterocycles. The smallest absolute Gasteiger partial charge is 0.337 e. The Morgan fingerprint density at radius 3 is 2.76 bits per heavy atom. The first kappa shape index (κ1) is 18.8. The topological polar surface area (TPSA) is 92.4 Å². The van der Waals surface area contributed by atoms with Crippen LogP contribution in [-0.4, -0.2) is 26.1 Å². The summed E-state index contributed by atoms with van der Waals surface area (Å²) in [4.78, 5) is 12.0. The van der Waals surface area contributed by atoms with Gasteiger partial charge in [0, 0.05) is 11.5 Å². The van der Waals surface area contributed by atoms with Gasteiger partial charge in [0.05, 0.1) is 25.9 Å². The molecule has 2 aromatic carbocycles. The van der Waals surface area contributed by atoms with Gasteiger partial charge in [-0.3, -0.25) is 5.41 Å². The van der Waals surface area contributed by atoms with Crippen molar-refractivity contribution in [3.05, 3.63) is 70.3 Å². The van der Waals surface area contributed by atoms with Crippen LogP contribution in [0.5, 0.6) is 5.75 Å². The third-order valence-electron chi connectivity index (χ3n) is 5.53. The summed E-state index contributed by atoms with van der Waals surface area (Å²) in [5.41, 5.74) is 4.19. The molecule has 0 spiro atoms. The molecule has 0 bridgehead atoms. The third-order valence-corrected chi connectivity index (χ3v) is 5.53. The molecule has 0 amide bonds. The normalized spacial score (nSPS) is 20.1. The molecule has 2 unspecified atom stereocenters. The zero-order valence-corrected chi connectivity index (χ0v) is 16.2.